The van der Waals surface area contributed by atoms with Gasteiger partial charge in [-0.2, -0.15) is 0 Å². The van der Waals surface area contributed by atoms with Crippen molar-refractivity contribution in [3.8, 4) is 0 Å². The van der Waals surface area contributed by atoms with Gasteiger partial charge in [-0.15, -0.1) is 0 Å². The predicted octanol–water partition coefficient (Wildman–Crippen LogP) is -0.0794. The summed E-state index contributed by atoms with van der Waals surface area (Å²) in [6, 6.07) is 0. The smallest absolute Gasteiger partial charge is 0.223 e. The maximum absolute atomic E-state index is 11.2. The van der Waals surface area contributed by atoms with Gasteiger partial charge in [0.05, 0.1) is 11.5 Å². The minimum atomic E-state index is -0.333. The van der Waals surface area contributed by atoms with E-state index in [1.807, 2.05) is 0 Å². The van der Waals surface area contributed by atoms with Crippen LogP contribution in [0.1, 0.15) is 32.1 Å². The molecule has 2 rings (SSSR count). The average Bonchev–Trinajstić information content (AvgIpc) is 2.60. The van der Waals surface area contributed by atoms with Crippen LogP contribution in [0, 0.1) is 5.92 Å². The second-order valence-electron chi connectivity index (χ2n) is 4.07. The van der Waals surface area contributed by atoms with Crippen LogP contribution in [0.5, 0.6) is 0 Å². The summed E-state index contributed by atoms with van der Waals surface area (Å²) in [7, 11) is 0. The van der Waals surface area contributed by atoms with Gasteiger partial charge >= 0.3 is 0 Å². The molecule has 1 atom stereocenters. The summed E-state index contributed by atoms with van der Waals surface area (Å²) >= 11 is 0. The zero-order valence-corrected chi connectivity index (χ0v) is 7.51. The molecule has 2 amide bonds. The first kappa shape index (κ1) is 8.53. The van der Waals surface area contributed by atoms with Crippen molar-refractivity contribution in [2.24, 2.45) is 11.7 Å². The van der Waals surface area contributed by atoms with Crippen molar-refractivity contribution in [3.05, 3.63) is 0 Å². The summed E-state index contributed by atoms with van der Waals surface area (Å²) in [5.41, 5.74) is 5.01. The van der Waals surface area contributed by atoms with E-state index in [1.165, 1.54) is 0 Å². The zero-order valence-electron chi connectivity index (χ0n) is 7.51. The second-order valence-corrected chi connectivity index (χ2v) is 4.07. The first-order valence-corrected chi connectivity index (χ1v) is 4.74. The number of carbonyl (C=O) groups is 2. The molecule has 1 saturated heterocycles. The molecule has 1 aliphatic heterocycles. The van der Waals surface area contributed by atoms with Crippen LogP contribution in [-0.4, -0.2) is 17.4 Å². The minimum Gasteiger partial charge on any atom is -0.369 e. The van der Waals surface area contributed by atoms with Crippen LogP contribution in [0.3, 0.4) is 0 Å². The molecule has 0 aromatic rings. The van der Waals surface area contributed by atoms with E-state index in [2.05, 4.69) is 5.32 Å². The number of nitrogens with one attached hydrogen (secondary N) is 1. The molecule has 2 aliphatic rings. The Labute approximate surface area is 76.9 Å². The fourth-order valence-electron chi connectivity index (χ4n) is 2.65. The van der Waals surface area contributed by atoms with Gasteiger partial charge in [0.1, 0.15) is 0 Å². The molecule has 4 nitrogen and oxygen atoms in total. The average molecular weight is 182 g/mol. The van der Waals surface area contributed by atoms with E-state index in [1.54, 1.807) is 0 Å². The third-order valence-electron chi connectivity index (χ3n) is 3.28. The highest BCUT2D eigenvalue weighted by Gasteiger charge is 2.50. The van der Waals surface area contributed by atoms with E-state index in [-0.39, 0.29) is 29.7 Å². The number of primary amides is 1. The molecule has 0 aromatic carbocycles. The molecule has 13 heavy (non-hydrogen) atoms. The Balaban J connectivity index is 2.25. The molecule has 1 aliphatic carbocycles. The molecule has 0 aromatic heterocycles. The van der Waals surface area contributed by atoms with Crippen molar-refractivity contribution < 1.29 is 9.59 Å². The summed E-state index contributed by atoms with van der Waals surface area (Å²) in [6.07, 6.45) is 4.28. The largest absolute Gasteiger partial charge is 0.369 e. The van der Waals surface area contributed by atoms with E-state index in [9.17, 15) is 9.59 Å². The maximum atomic E-state index is 11.2. The van der Waals surface area contributed by atoms with Crippen molar-refractivity contribution >= 4 is 11.8 Å². The Morgan fingerprint density at radius 2 is 2.08 bits per heavy atom. The molecule has 3 N–H and O–H groups in total. The predicted molar refractivity (Wildman–Crippen MR) is 46.6 cm³/mol. The van der Waals surface area contributed by atoms with Gasteiger partial charge in [-0.1, -0.05) is 12.8 Å². The van der Waals surface area contributed by atoms with Gasteiger partial charge in [0.15, 0.2) is 0 Å². The summed E-state index contributed by atoms with van der Waals surface area (Å²) < 4.78 is 0. The molecule has 4 heteroatoms. The SMILES string of the molecule is NC(=O)C1CC(=O)NC12CCCC2. The van der Waals surface area contributed by atoms with Gasteiger partial charge < -0.3 is 11.1 Å². The van der Waals surface area contributed by atoms with Crippen molar-refractivity contribution in [1.82, 2.24) is 5.32 Å². The van der Waals surface area contributed by atoms with Gasteiger partial charge in [-0.25, -0.2) is 0 Å². The summed E-state index contributed by atoms with van der Waals surface area (Å²) in [4.78, 5) is 22.3. The van der Waals surface area contributed by atoms with Crippen LogP contribution < -0.4 is 11.1 Å². The maximum Gasteiger partial charge on any atom is 0.223 e. The van der Waals surface area contributed by atoms with Crippen molar-refractivity contribution in [1.29, 1.82) is 0 Å². The molecule has 2 fully saturated rings. The molecule has 0 bridgehead atoms. The van der Waals surface area contributed by atoms with Crippen LogP contribution in [0.4, 0.5) is 0 Å². The van der Waals surface area contributed by atoms with Crippen LogP contribution in [0.25, 0.3) is 0 Å². The van der Waals surface area contributed by atoms with Crippen LogP contribution in [0.2, 0.25) is 0 Å². The number of carbonyl (C=O) groups excluding carboxylic acids is 2. The highest BCUT2D eigenvalue weighted by molar-refractivity contribution is 5.90. The second kappa shape index (κ2) is 2.72. The van der Waals surface area contributed by atoms with E-state index in [0.29, 0.717) is 0 Å². The Hall–Kier alpha value is -1.06. The topological polar surface area (TPSA) is 72.2 Å². The quantitative estimate of drug-likeness (QED) is 0.595. The minimum absolute atomic E-state index is 0.0225. The first-order valence-electron chi connectivity index (χ1n) is 4.74. The van der Waals surface area contributed by atoms with Gasteiger partial charge in [0.25, 0.3) is 0 Å². The third kappa shape index (κ3) is 1.20. The lowest BCUT2D eigenvalue weighted by Crippen LogP contribution is -2.47. The number of rotatable bonds is 1. The molecule has 1 saturated carbocycles. The number of hydrogen-bond donors (Lipinski definition) is 2. The van der Waals surface area contributed by atoms with E-state index >= 15 is 0 Å². The monoisotopic (exact) mass is 182 g/mol. The first-order chi connectivity index (χ1) is 6.14. The fourth-order valence-corrected chi connectivity index (χ4v) is 2.65. The third-order valence-corrected chi connectivity index (χ3v) is 3.28. The summed E-state index contributed by atoms with van der Waals surface area (Å²) in [5, 5.41) is 2.92. The zero-order chi connectivity index (χ0) is 9.47. The number of hydrogen-bond acceptors (Lipinski definition) is 2. The highest BCUT2D eigenvalue weighted by atomic mass is 16.2. The van der Waals surface area contributed by atoms with E-state index in [0.717, 1.165) is 25.7 Å². The molecule has 1 heterocycles. The van der Waals surface area contributed by atoms with Gasteiger partial charge in [-0.05, 0) is 12.8 Å². The molecular weight excluding hydrogens is 168 g/mol. The summed E-state index contributed by atoms with van der Waals surface area (Å²) in [6.45, 7) is 0. The van der Waals surface area contributed by atoms with Crippen LogP contribution in [0.15, 0.2) is 0 Å². The van der Waals surface area contributed by atoms with Crippen LogP contribution >= 0.6 is 0 Å². The molecule has 0 radical (unpaired) electrons. The number of amides is 2. The van der Waals surface area contributed by atoms with Crippen molar-refractivity contribution in [2.75, 3.05) is 0 Å². The normalized spacial score (nSPS) is 30.8. The number of nitrogens with two attached hydrogens (primary N) is 1. The van der Waals surface area contributed by atoms with E-state index in [4.69, 9.17) is 5.73 Å². The Kier molecular flexibility index (Phi) is 1.78. The Bertz CT molecular complexity index is 256. The lowest BCUT2D eigenvalue weighted by Gasteiger charge is -2.28. The summed E-state index contributed by atoms with van der Waals surface area (Å²) in [5.74, 6) is -0.631. The molecular formula is C9H14N2O2. The molecule has 1 spiro atoms. The fraction of sp³-hybridized carbons (Fsp3) is 0.778. The van der Waals surface area contributed by atoms with Gasteiger partial charge in [0.2, 0.25) is 11.8 Å². The molecule has 72 valence electrons. The molecule has 1 unspecified atom stereocenters. The Morgan fingerprint density at radius 3 is 2.62 bits per heavy atom. The van der Waals surface area contributed by atoms with Crippen molar-refractivity contribution in [2.45, 2.75) is 37.6 Å². The van der Waals surface area contributed by atoms with Crippen molar-refractivity contribution in [3.63, 3.8) is 0 Å². The van der Waals surface area contributed by atoms with Gasteiger partial charge in [-0.3, -0.25) is 9.59 Å². The highest BCUT2D eigenvalue weighted by Crippen LogP contribution is 2.40. The lowest BCUT2D eigenvalue weighted by molar-refractivity contribution is -0.124. The lowest BCUT2D eigenvalue weighted by atomic mass is 9.83. The standard InChI is InChI=1S/C9H14N2O2/c10-8(13)6-5-7(12)11-9(6)3-1-2-4-9/h6H,1-5H2,(H2,10,13)(H,11,12). The van der Waals surface area contributed by atoms with E-state index < -0.39 is 0 Å². The van der Waals surface area contributed by atoms with Crippen LogP contribution in [-0.2, 0) is 9.59 Å². The van der Waals surface area contributed by atoms with Gasteiger partial charge in [0, 0.05) is 6.42 Å². The Morgan fingerprint density at radius 1 is 1.46 bits per heavy atom.